The van der Waals surface area contributed by atoms with Crippen LogP contribution >= 0.6 is 22.6 Å². The first-order valence-corrected chi connectivity index (χ1v) is 9.27. The average Bonchev–Trinajstić information content (AvgIpc) is 2.67. The Labute approximate surface area is 164 Å². The van der Waals surface area contributed by atoms with Gasteiger partial charge in [-0.3, -0.25) is 14.9 Å². The fourth-order valence-corrected chi connectivity index (χ4v) is 3.21. The number of nitro groups is 1. The second-order valence-electron chi connectivity index (χ2n) is 5.86. The summed E-state index contributed by atoms with van der Waals surface area (Å²) in [5, 5.41) is 11.2. The van der Waals surface area contributed by atoms with Gasteiger partial charge in [-0.05, 0) is 52.9 Å². The van der Waals surface area contributed by atoms with E-state index >= 15 is 0 Å². The van der Waals surface area contributed by atoms with Gasteiger partial charge in [0.05, 0.1) is 4.92 Å². The first-order chi connectivity index (χ1) is 12.5. The molecule has 0 bridgehead atoms. The van der Waals surface area contributed by atoms with Gasteiger partial charge in [0.1, 0.15) is 11.4 Å². The van der Waals surface area contributed by atoms with E-state index < -0.39 is 0 Å². The third kappa shape index (κ3) is 4.43. The van der Waals surface area contributed by atoms with Gasteiger partial charge < -0.3 is 14.5 Å². The second-order valence-corrected chi connectivity index (χ2v) is 7.10. The van der Waals surface area contributed by atoms with Crippen molar-refractivity contribution in [1.82, 2.24) is 4.90 Å². The minimum atomic E-state index is -0.373. The van der Waals surface area contributed by atoms with Gasteiger partial charge in [-0.15, -0.1) is 0 Å². The van der Waals surface area contributed by atoms with Crippen molar-refractivity contribution >= 4 is 39.9 Å². The quantitative estimate of drug-likeness (QED) is 0.384. The van der Waals surface area contributed by atoms with Crippen molar-refractivity contribution in [3.63, 3.8) is 0 Å². The third-order valence-corrected chi connectivity index (χ3v) is 4.95. The highest BCUT2D eigenvalue weighted by molar-refractivity contribution is 14.1. The molecule has 1 aliphatic heterocycles. The highest BCUT2D eigenvalue weighted by Gasteiger charge is 2.25. The van der Waals surface area contributed by atoms with Gasteiger partial charge in [0.2, 0.25) is 0 Å². The van der Waals surface area contributed by atoms with Crippen LogP contribution in [0, 0.1) is 13.7 Å². The predicted molar refractivity (Wildman–Crippen MR) is 107 cm³/mol. The Hall–Kier alpha value is -2.36. The number of carbonyl (C=O) groups is 1. The van der Waals surface area contributed by atoms with E-state index in [1.54, 1.807) is 23.1 Å². The zero-order chi connectivity index (χ0) is 18.5. The molecule has 1 aliphatic rings. The van der Waals surface area contributed by atoms with Crippen molar-refractivity contribution in [1.29, 1.82) is 0 Å². The van der Waals surface area contributed by atoms with Crippen LogP contribution in [0.5, 0.6) is 5.75 Å². The Kier molecular flexibility index (Phi) is 5.92. The molecule has 136 valence electrons. The van der Waals surface area contributed by atoms with Gasteiger partial charge in [-0.25, -0.2) is 0 Å². The SMILES string of the molecule is O=C(COc1ccc(I)cc1)N1CCN(c2ccccc2[N+](=O)[O-])CC1. The van der Waals surface area contributed by atoms with E-state index in [1.165, 1.54) is 6.07 Å². The van der Waals surface area contributed by atoms with Crippen molar-refractivity contribution in [3.8, 4) is 5.75 Å². The fraction of sp³-hybridized carbons (Fsp3) is 0.278. The standard InChI is InChI=1S/C18H18IN3O4/c19-14-5-7-15(8-6-14)26-13-18(23)21-11-9-20(10-12-21)16-3-1-2-4-17(16)22(24)25/h1-8H,9-13H2. The molecule has 0 saturated carbocycles. The van der Waals surface area contributed by atoms with Gasteiger partial charge in [0, 0.05) is 35.8 Å². The summed E-state index contributed by atoms with van der Waals surface area (Å²) in [6.07, 6.45) is 0. The molecule has 0 unspecified atom stereocenters. The van der Waals surface area contributed by atoms with E-state index in [0.29, 0.717) is 37.6 Å². The summed E-state index contributed by atoms with van der Waals surface area (Å²) in [5.74, 6) is 0.586. The van der Waals surface area contributed by atoms with Crippen molar-refractivity contribution in [2.24, 2.45) is 0 Å². The minimum absolute atomic E-state index is 0.00786. The molecule has 3 rings (SSSR count). The number of nitro benzene ring substituents is 1. The number of hydrogen-bond donors (Lipinski definition) is 0. The lowest BCUT2D eigenvalue weighted by Crippen LogP contribution is -2.50. The van der Waals surface area contributed by atoms with Crippen LogP contribution < -0.4 is 9.64 Å². The molecule has 2 aromatic carbocycles. The highest BCUT2D eigenvalue weighted by Crippen LogP contribution is 2.28. The Morgan fingerprint density at radius 3 is 2.38 bits per heavy atom. The molecule has 0 atom stereocenters. The summed E-state index contributed by atoms with van der Waals surface area (Å²) in [4.78, 5) is 26.8. The number of nitrogens with zero attached hydrogens (tertiary/aromatic N) is 3. The van der Waals surface area contributed by atoms with Crippen LogP contribution in [0.4, 0.5) is 11.4 Å². The lowest BCUT2D eigenvalue weighted by molar-refractivity contribution is -0.384. The molecule has 1 amide bonds. The first-order valence-electron chi connectivity index (χ1n) is 8.19. The highest BCUT2D eigenvalue weighted by atomic mass is 127. The Morgan fingerprint density at radius 1 is 1.08 bits per heavy atom. The number of carbonyl (C=O) groups excluding carboxylic acids is 1. The molecule has 2 aromatic rings. The number of ether oxygens (including phenoxy) is 1. The van der Waals surface area contributed by atoms with Crippen LogP contribution in [-0.2, 0) is 4.79 Å². The van der Waals surface area contributed by atoms with Gasteiger partial charge in [0.15, 0.2) is 6.61 Å². The maximum absolute atomic E-state index is 12.3. The zero-order valence-electron chi connectivity index (χ0n) is 14.0. The van der Waals surface area contributed by atoms with Crippen LogP contribution in [-0.4, -0.2) is 48.5 Å². The van der Waals surface area contributed by atoms with Crippen molar-refractivity contribution in [2.75, 3.05) is 37.7 Å². The number of anilines is 1. The van der Waals surface area contributed by atoms with Gasteiger partial charge in [0.25, 0.3) is 11.6 Å². The largest absolute Gasteiger partial charge is 0.484 e. The Bertz CT molecular complexity index is 789. The normalized spacial score (nSPS) is 14.2. The van der Waals surface area contributed by atoms with Crippen LogP contribution in [0.2, 0.25) is 0 Å². The molecule has 7 nitrogen and oxygen atoms in total. The molecule has 0 radical (unpaired) electrons. The summed E-state index contributed by atoms with van der Waals surface area (Å²) >= 11 is 2.21. The summed E-state index contributed by atoms with van der Waals surface area (Å²) in [7, 11) is 0. The molecular formula is C18H18IN3O4. The summed E-state index contributed by atoms with van der Waals surface area (Å²) < 4.78 is 6.64. The minimum Gasteiger partial charge on any atom is -0.484 e. The predicted octanol–water partition coefficient (Wildman–Crippen LogP) is 2.93. The number of amides is 1. The van der Waals surface area contributed by atoms with Crippen molar-refractivity contribution in [2.45, 2.75) is 0 Å². The molecule has 0 aromatic heterocycles. The Balaban J connectivity index is 1.54. The number of halogens is 1. The average molecular weight is 467 g/mol. The molecule has 0 spiro atoms. The third-order valence-electron chi connectivity index (χ3n) is 4.23. The Morgan fingerprint density at radius 2 is 1.73 bits per heavy atom. The number of piperazine rings is 1. The number of hydrogen-bond acceptors (Lipinski definition) is 5. The second kappa shape index (κ2) is 8.35. The van der Waals surface area contributed by atoms with Crippen molar-refractivity contribution < 1.29 is 14.5 Å². The first kappa shape index (κ1) is 18.4. The monoisotopic (exact) mass is 467 g/mol. The number of rotatable bonds is 5. The molecular weight excluding hydrogens is 449 g/mol. The lowest BCUT2D eigenvalue weighted by atomic mass is 10.2. The smallest absolute Gasteiger partial charge is 0.292 e. The fourth-order valence-electron chi connectivity index (χ4n) is 2.85. The van der Waals surface area contributed by atoms with E-state index in [9.17, 15) is 14.9 Å². The van der Waals surface area contributed by atoms with E-state index in [4.69, 9.17) is 4.74 Å². The number of para-hydroxylation sites is 2. The molecule has 0 aliphatic carbocycles. The molecule has 1 fully saturated rings. The van der Waals surface area contributed by atoms with Crippen LogP contribution in [0.25, 0.3) is 0 Å². The summed E-state index contributed by atoms with van der Waals surface area (Å²) in [6, 6.07) is 14.2. The topological polar surface area (TPSA) is 75.9 Å². The lowest BCUT2D eigenvalue weighted by Gasteiger charge is -2.35. The molecule has 26 heavy (non-hydrogen) atoms. The van der Waals surface area contributed by atoms with Crippen LogP contribution in [0.3, 0.4) is 0 Å². The zero-order valence-corrected chi connectivity index (χ0v) is 16.2. The van der Waals surface area contributed by atoms with Crippen molar-refractivity contribution in [3.05, 3.63) is 62.2 Å². The van der Waals surface area contributed by atoms with E-state index in [0.717, 1.165) is 3.57 Å². The van der Waals surface area contributed by atoms with Crippen LogP contribution in [0.1, 0.15) is 0 Å². The van der Waals surface area contributed by atoms with Gasteiger partial charge in [-0.2, -0.15) is 0 Å². The van der Waals surface area contributed by atoms with Gasteiger partial charge >= 0.3 is 0 Å². The number of benzene rings is 2. The van der Waals surface area contributed by atoms with E-state index in [1.807, 2.05) is 29.2 Å². The molecule has 1 heterocycles. The van der Waals surface area contributed by atoms with E-state index in [-0.39, 0.29) is 23.1 Å². The molecule has 1 saturated heterocycles. The summed E-state index contributed by atoms with van der Waals surface area (Å²) in [6.45, 7) is 2.13. The van der Waals surface area contributed by atoms with E-state index in [2.05, 4.69) is 22.6 Å². The molecule has 0 N–H and O–H groups in total. The van der Waals surface area contributed by atoms with Crippen LogP contribution in [0.15, 0.2) is 48.5 Å². The van der Waals surface area contributed by atoms with Gasteiger partial charge in [-0.1, -0.05) is 12.1 Å². The summed E-state index contributed by atoms with van der Waals surface area (Å²) in [5.41, 5.74) is 0.689. The maximum Gasteiger partial charge on any atom is 0.292 e. The molecule has 8 heteroatoms. The maximum atomic E-state index is 12.3.